The Bertz CT molecular complexity index is 1240. The Morgan fingerprint density at radius 3 is 2.35 bits per heavy atom. The van der Waals surface area contributed by atoms with Crippen molar-refractivity contribution >= 4 is 23.2 Å². The van der Waals surface area contributed by atoms with Gasteiger partial charge in [-0.25, -0.2) is 0 Å². The number of carbonyl (C=O) groups is 2. The van der Waals surface area contributed by atoms with Crippen molar-refractivity contribution in [1.29, 1.82) is 0 Å². The second kappa shape index (κ2) is 8.95. The first-order chi connectivity index (χ1) is 16.1. The molecule has 3 aromatic rings. The molecule has 2 amide bonds. The second-order valence-electron chi connectivity index (χ2n) is 8.29. The molecule has 0 bridgehead atoms. The van der Waals surface area contributed by atoms with Gasteiger partial charge in [0.25, 0.3) is 5.91 Å². The highest BCUT2D eigenvalue weighted by Gasteiger charge is 2.39. The van der Waals surface area contributed by atoms with E-state index in [1.165, 1.54) is 17.1 Å². The molecule has 3 aromatic heterocycles. The second-order valence-corrected chi connectivity index (χ2v) is 8.29. The van der Waals surface area contributed by atoms with Crippen LogP contribution in [0.3, 0.4) is 0 Å². The maximum atomic E-state index is 13.5. The molecule has 34 heavy (non-hydrogen) atoms. The zero-order valence-corrected chi connectivity index (χ0v) is 19.0. The summed E-state index contributed by atoms with van der Waals surface area (Å²) >= 11 is 0. The summed E-state index contributed by atoms with van der Waals surface area (Å²) in [6.07, 6.45) is 1.15. The van der Waals surface area contributed by atoms with Crippen LogP contribution >= 0.6 is 0 Å². The summed E-state index contributed by atoms with van der Waals surface area (Å²) in [5.41, 5.74) is 1.16. The van der Waals surface area contributed by atoms with E-state index in [1.54, 1.807) is 25.7 Å². The first kappa shape index (κ1) is 23.5. The van der Waals surface area contributed by atoms with Crippen molar-refractivity contribution in [2.75, 3.05) is 10.6 Å². The molecule has 13 heteroatoms. The molecule has 1 aliphatic rings. The van der Waals surface area contributed by atoms with E-state index in [9.17, 15) is 22.8 Å². The van der Waals surface area contributed by atoms with Gasteiger partial charge in [-0.05, 0) is 32.6 Å². The molecule has 0 aromatic carbocycles. The Morgan fingerprint density at radius 2 is 1.68 bits per heavy atom. The minimum absolute atomic E-state index is 0.0897. The number of aryl methyl sites for hydroxylation is 2. The van der Waals surface area contributed by atoms with Crippen LogP contribution in [0.1, 0.15) is 52.4 Å². The number of hydrogen-bond donors (Lipinski definition) is 2. The highest BCUT2D eigenvalue weighted by Crippen LogP contribution is 2.35. The molecule has 2 N–H and O–H groups in total. The van der Waals surface area contributed by atoms with Gasteiger partial charge in [-0.15, -0.1) is 0 Å². The molecule has 4 rings (SSSR count). The number of alkyl halides is 3. The number of halogens is 3. The van der Waals surface area contributed by atoms with Crippen molar-refractivity contribution in [2.24, 2.45) is 14.1 Å². The fourth-order valence-corrected chi connectivity index (χ4v) is 4.13. The van der Waals surface area contributed by atoms with Crippen LogP contribution in [0.25, 0.3) is 0 Å². The lowest BCUT2D eigenvalue weighted by molar-refractivity contribution is -0.142. The van der Waals surface area contributed by atoms with Gasteiger partial charge < -0.3 is 10.6 Å². The van der Waals surface area contributed by atoms with Crippen LogP contribution in [0.4, 0.5) is 24.5 Å². The van der Waals surface area contributed by atoms with Crippen LogP contribution in [-0.2, 0) is 44.5 Å². The van der Waals surface area contributed by atoms with Gasteiger partial charge in [0.2, 0.25) is 5.91 Å². The first-order valence-electron chi connectivity index (χ1n) is 10.8. The number of hydrogen-bond acceptors (Lipinski definition) is 5. The number of amides is 2. The summed E-state index contributed by atoms with van der Waals surface area (Å²) in [7, 11) is 3.28. The first-order valence-corrected chi connectivity index (χ1v) is 10.8. The Morgan fingerprint density at radius 1 is 1.00 bits per heavy atom. The third-order valence-corrected chi connectivity index (χ3v) is 5.98. The monoisotopic (exact) mass is 478 g/mol. The molecule has 0 atom stereocenters. The molecule has 10 nitrogen and oxygen atoms in total. The highest BCUT2D eigenvalue weighted by atomic mass is 19.4. The van der Waals surface area contributed by atoms with Gasteiger partial charge in [0.15, 0.2) is 5.69 Å². The lowest BCUT2D eigenvalue weighted by atomic mass is 10.1. The summed E-state index contributed by atoms with van der Waals surface area (Å²) in [5, 5.41) is 17.2. The fourth-order valence-electron chi connectivity index (χ4n) is 4.13. The average molecular weight is 478 g/mol. The number of fused-ring (bicyclic) bond motifs is 1. The zero-order valence-electron chi connectivity index (χ0n) is 19.0. The molecule has 0 fully saturated rings. The summed E-state index contributed by atoms with van der Waals surface area (Å²) in [6, 6.07) is 0. The summed E-state index contributed by atoms with van der Waals surface area (Å²) in [6.45, 7) is 1.38. The molecule has 182 valence electrons. The van der Waals surface area contributed by atoms with Crippen molar-refractivity contribution in [3.05, 3.63) is 40.7 Å². The Kier molecular flexibility index (Phi) is 6.19. The fraction of sp³-hybridized carbons (Fsp3) is 0.476. The van der Waals surface area contributed by atoms with Crippen molar-refractivity contribution < 1.29 is 22.8 Å². The number of carbonyl (C=O) groups excluding carboxylic acids is 2. The third-order valence-electron chi connectivity index (χ3n) is 5.98. The summed E-state index contributed by atoms with van der Waals surface area (Å²) in [4.78, 5) is 25.6. The maximum absolute atomic E-state index is 13.5. The van der Waals surface area contributed by atoms with Gasteiger partial charge in [-0.1, -0.05) is 6.42 Å². The number of aromatic nitrogens is 6. The number of nitrogens with zero attached hydrogens (tertiary/aromatic N) is 6. The molecule has 3 heterocycles. The molecule has 0 unspecified atom stereocenters. The van der Waals surface area contributed by atoms with Crippen LogP contribution in [0.5, 0.6) is 0 Å². The molecule has 0 saturated carbocycles. The third kappa shape index (κ3) is 4.54. The van der Waals surface area contributed by atoms with E-state index in [0.29, 0.717) is 24.2 Å². The van der Waals surface area contributed by atoms with Gasteiger partial charge >= 0.3 is 6.18 Å². The smallest absolute Gasteiger partial charge is 0.321 e. The minimum atomic E-state index is -4.59. The van der Waals surface area contributed by atoms with Crippen LogP contribution in [-0.4, -0.2) is 41.2 Å². The van der Waals surface area contributed by atoms with Crippen molar-refractivity contribution in [1.82, 2.24) is 29.3 Å². The summed E-state index contributed by atoms with van der Waals surface area (Å²) < 4.78 is 44.6. The molecule has 1 aliphatic carbocycles. The van der Waals surface area contributed by atoms with Gasteiger partial charge in [-0.2, -0.15) is 28.5 Å². The predicted molar refractivity (Wildman–Crippen MR) is 116 cm³/mol. The van der Waals surface area contributed by atoms with Crippen LogP contribution in [0.15, 0.2) is 12.4 Å². The normalized spacial score (nSPS) is 13.9. The number of nitrogens with one attached hydrogen (secondary N) is 2. The zero-order chi connectivity index (χ0) is 24.6. The van der Waals surface area contributed by atoms with Crippen molar-refractivity contribution in [3.8, 4) is 0 Å². The van der Waals surface area contributed by atoms with Gasteiger partial charge in [0, 0.05) is 25.4 Å². The van der Waals surface area contributed by atoms with Crippen LogP contribution in [0, 0.1) is 6.92 Å². The molecule has 0 aliphatic heterocycles. The van der Waals surface area contributed by atoms with E-state index in [1.807, 2.05) is 0 Å². The van der Waals surface area contributed by atoms with E-state index >= 15 is 0 Å². The SMILES string of the molecule is Cc1c(NC(=O)c2c(NC(=O)Cn3nc(C(F)(F)F)c4c3CCCCC4)cnn2C)cnn1C. The molecular formula is C21H25F3N8O2. The molecular weight excluding hydrogens is 453 g/mol. The van der Waals surface area contributed by atoms with E-state index in [-0.39, 0.29) is 23.4 Å². The number of rotatable bonds is 5. The van der Waals surface area contributed by atoms with E-state index in [2.05, 4.69) is 25.9 Å². The molecule has 0 saturated heterocycles. The number of anilines is 2. The van der Waals surface area contributed by atoms with Gasteiger partial charge in [-0.3, -0.25) is 23.6 Å². The largest absolute Gasteiger partial charge is 0.435 e. The Balaban J connectivity index is 1.54. The van der Waals surface area contributed by atoms with Gasteiger partial charge in [0.1, 0.15) is 12.2 Å². The Labute approximate surface area is 193 Å². The van der Waals surface area contributed by atoms with Gasteiger partial charge in [0.05, 0.1) is 29.5 Å². The van der Waals surface area contributed by atoms with Crippen LogP contribution < -0.4 is 10.6 Å². The lowest BCUT2D eigenvalue weighted by Crippen LogP contribution is -2.24. The van der Waals surface area contributed by atoms with E-state index in [0.717, 1.165) is 23.2 Å². The minimum Gasteiger partial charge on any atom is -0.321 e. The highest BCUT2D eigenvalue weighted by molar-refractivity contribution is 6.09. The maximum Gasteiger partial charge on any atom is 0.435 e. The van der Waals surface area contributed by atoms with Crippen LogP contribution in [0.2, 0.25) is 0 Å². The predicted octanol–water partition coefficient (Wildman–Crippen LogP) is 2.84. The lowest BCUT2D eigenvalue weighted by Gasteiger charge is -2.10. The average Bonchev–Trinajstić information content (AvgIpc) is 3.31. The van der Waals surface area contributed by atoms with Crippen molar-refractivity contribution in [2.45, 2.75) is 51.7 Å². The van der Waals surface area contributed by atoms with E-state index < -0.39 is 30.2 Å². The topological polar surface area (TPSA) is 112 Å². The Hall–Kier alpha value is -3.64. The van der Waals surface area contributed by atoms with E-state index in [4.69, 9.17) is 0 Å². The summed E-state index contributed by atoms with van der Waals surface area (Å²) in [5.74, 6) is -1.12. The van der Waals surface area contributed by atoms with Crippen molar-refractivity contribution in [3.63, 3.8) is 0 Å². The quantitative estimate of drug-likeness (QED) is 0.548. The molecule has 0 spiro atoms. The standard InChI is InChI=1S/C21H25F3N8O2/c1-12-14(9-25-30(12)2)28-20(34)18-15(10-26-31(18)3)27-17(33)11-32-16-8-6-4-5-7-13(16)19(29-32)21(22,23)24/h9-10H,4-8,11H2,1-3H3,(H,27,33)(H,28,34). The molecule has 0 radical (unpaired) electrons.